The maximum Gasteiger partial charge on any atom is 0.253 e. The molecule has 0 spiro atoms. The van der Waals surface area contributed by atoms with Crippen LogP contribution in [-0.4, -0.2) is 35.2 Å². The van der Waals surface area contributed by atoms with E-state index in [1.807, 2.05) is 32.0 Å². The Kier molecular flexibility index (Phi) is 5.31. The first-order chi connectivity index (χ1) is 10.7. The number of phenolic OH excluding ortho intramolecular Hbond substituents is 1. The molecule has 0 unspecified atom stereocenters. The standard InChI is InChI=1S/C18H20N2O2/c1-3-20(4-2)18(22)14-9-7-10-16(12-14)19-13-15-8-5-6-11-17(15)21/h5-13,21H,3-4H2,1-2H3. The minimum atomic E-state index is 0.00427. The molecule has 0 atom stereocenters. The average molecular weight is 296 g/mol. The zero-order valence-electron chi connectivity index (χ0n) is 12.9. The van der Waals surface area contributed by atoms with Crippen molar-refractivity contribution in [2.75, 3.05) is 13.1 Å². The third-order valence-electron chi connectivity index (χ3n) is 3.43. The van der Waals surface area contributed by atoms with Crippen molar-refractivity contribution in [1.82, 2.24) is 4.90 Å². The predicted molar refractivity (Wildman–Crippen MR) is 89.1 cm³/mol. The van der Waals surface area contributed by atoms with Crippen LogP contribution in [0, 0.1) is 0 Å². The summed E-state index contributed by atoms with van der Waals surface area (Å²) >= 11 is 0. The highest BCUT2D eigenvalue weighted by atomic mass is 16.3. The highest BCUT2D eigenvalue weighted by Gasteiger charge is 2.12. The summed E-state index contributed by atoms with van der Waals surface area (Å²) in [6, 6.07) is 14.2. The zero-order valence-corrected chi connectivity index (χ0v) is 12.9. The molecule has 114 valence electrons. The third kappa shape index (κ3) is 3.73. The molecule has 0 saturated heterocycles. The average Bonchev–Trinajstić information content (AvgIpc) is 2.55. The van der Waals surface area contributed by atoms with Gasteiger partial charge in [-0.25, -0.2) is 0 Å². The Morgan fingerprint density at radius 3 is 2.55 bits per heavy atom. The molecule has 4 heteroatoms. The van der Waals surface area contributed by atoms with Gasteiger partial charge in [-0.05, 0) is 44.2 Å². The van der Waals surface area contributed by atoms with Gasteiger partial charge in [-0.3, -0.25) is 9.79 Å². The maximum atomic E-state index is 12.3. The first kappa shape index (κ1) is 15.8. The number of rotatable bonds is 5. The number of nitrogens with zero attached hydrogens (tertiary/aromatic N) is 2. The summed E-state index contributed by atoms with van der Waals surface area (Å²) in [6.07, 6.45) is 1.59. The quantitative estimate of drug-likeness (QED) is 0.857. The first-order valence-corrected chi connectivity index (χ1v) is 7.37. The van der Waals surface area contributed by atoms with Crippen molar-refractivity contribution in [2.24, 2.45) is 4.99 Å². The fourth-order valence-corrected chi connectivity index (χ4v) is 2.15. The molecule has 0 fully saturated rings. The van der Waals surface area contributed by atoms with Gasteiger partial charge < -0.3 is 10.0 Å². The van der Waals surface area contributed by atoms with E-state index in [0.29, 0.717) is 29.9 Å². The lowest BCUT2D eigenvalue weighted by atomic mass is 10.1. The SMILES string of the molecule is CCN(CC)C(=O)c1cccc(N=Cc2ccccc2O)c1. The summed E-state index contributed by atoms with van der Waals surface area (Å²) < 4.78 is 0. The second-order valence-corrected chi connectivity index (χ2v) is 4.84. The number of phenols is 1. The van der Waals surface area contributed by atoms with E-state index in [4.69, 9.17) is 0 Å². The van der Waals surface area contributed by atoms with Crippen LogP contribution >= 0.6 is 0 Å². The highest BCUT2D eigenvalue weighted by molar-refractivity contribution is 5.95. The Bertz CT molecular complexity index is 676. The Morgan fingerprint density at radius 1 is 1.14 bits per heavy atom. The Labute approximate surface area is 130 Å². The van der Waals surface area contributed by atoms with Gasteiger partial charge >= 0.3 is 0 Å². The highest BCUT2D eigenvalue weighted by Crippen LogP contribution is 2.18. The molecule has 1 N–H and O–H groups in total. The van der Waals surface area contributed by atoms with Crippen molar-refractivity contribution in [2.45, 2.75) is 13.8 Å². The van der Waals surface area contributed by atoms with E-state index in [1.54, 1.807) is 41.4 Å². The number of aliphatic imine (C=N–C) groups is 1. The largest absolute Gasteiger partial charge is 0.507 e. The summed E-state index contributed by atoms with van der Waals surface area (Å²) in [5.41, 5.74) is 1.94. The Hall–Kier alpha value is -2.62. The molecule has 22 heavy (non-hydrogen) atoms. The van der Waals surface area contributed by atoms with E-state index < -0.39 is 0 Å². The van der Waals surface area contributed by atoms with Crippen LogP contribution in [0.15, 0.2) is 53.5 Å². The summed E-state index contributed by atoms with van der Waals surface area (Å²) in [5, 5.41) is 9.72. The van der Waals surface area contributed by atoms with Gasteiger partial charge in [0.05, 0.1) is 5.69 Å². The van der Waals surface area contributed by atoms with E-state index in [-0.39, 0.29) is 11.7 Å². The van der Waals surface area contributed by atoms with Gasteiger partial charge in [0.25, 0.3) is 5.91 Å². The molecule has 2 aromatic rings. The van der Waals surface area contributed by atoms with Crippen LogP contribution in [0.25, 0.3) is 0 Å². The predicted octanol–water partition coefficient (Wildman–Crippen LogP) is 3.62. The van der Waals surface area contributed by atoms with Gasteiger partial charge in [0.15, 0.2) is 0 Å². The van der Waals surface area contributed by atoms with Crippen LogP contribution in [0.1, 0.15) is 29.8 Å². The topological polar surface area (TPSA) is 52.9 Å². The lowest BCUT2D eigenvalue weighted by molar-refractivity contribution is 0.0773. The molecule has 0 aliphatic rings. The number of hydrogen-bond donors (Lipinski definition) is 1. The molecule has 0 aromatic heterocycles. The van der Waals surface area contributed by atoms with Crippen molar-refractivity contribution in [3.63, 3.8) is 0 Å². The zero-order chi connectivity index (χ0) is 15.9. The monoisotopic (exact) mass is 296 g/mol. The number of carbonyl (C=O) groups is 1. The minimum Gasteiger partial charge on any atom is -0.507 e. The van der Waals surface area contributed by atoms with Crippen molar-refractivity contribution in [3.05, 3.63) is 59.7 Å². The van der Waals surface area contributed by atoms with E-state index in [2.05, 4.69) is 4.99 Å². The molecule has 0 radical (unpaired) electrons. The molecule has 0 saturated carbocycles. The van der Waals surface area contributed by atoms with Crippen molar-refractivity contribution >= 4 is 17.8 Å². The molecule has 0 bridgehead atoms. The van der Waals surface area contributed by atoms with Crippen LogP contribution < -0.4 is 0 Å². The van der Waals surface area contributed by atoms with E-state index in [9.17, 15) is 9.90 Å². The molecule has 1 amide bonds. The van der Waals surface area contributed by atoms with Crippen LogP contribution in [0.3, 0.4) is 0 Å². The number of aromatic hydroxyl groups is 1. The number of amides is 1. The molecule has 0 aliphatic carbocycles. The van der Waals surface area contributed by atoms with Crippen molar-refractivity contribution < 1.29 is 9.90 Å². The van der Waals surface area contributed by atoms with Crippen LogP contribution in [0.2, 0.25) is 0 Å². The smallest absolute Gasteiger partial charge is 0.253 e. The van der Waals surface area contributed by atoms with E-state index in [0.717, 1.165) is 0 Å². The summed E-state index contributed by atoms with van der Waals surface area (Å²) in [6.45, 7) is 5.28. The molecular formula is C18H20N2O2. The second kappa shape index (κ2) is 7.41. The molecule has 2 rings (SSSR count). The molecular weight excluding hydrogens is 276 g/mol. The Morgan fingerprint density at radius 2 is 1.86 bits per heavy atom. The van der Waals surface area contributed by atoms with Gasteiger partial charge in [-0.15, -0.1) is 0 Å². The molecule has 0 aliphatic heterocycles. The third-order valence-corrected chi connectivity index (χ3v) is 3.43. The molecule has 2 aromatic carbocycles. The lowest BCUT2D eigenvalue weighted by Crippen LogP contribution is -2.30. The number of carbonyl (C=O) groups excluding carboxylic acids is 1. The second-order valence-electron chi connectivity index (χ2n) is 4.84. The minimum absolute atomic E-state index is 0.00427. The van der Waals surface area contributed by atoms with Gasteiger partial charge in [-0.1, -0.05) is 18.2 Å². The van der Waals surface area contributed by atoms with Gasteiger partial charge in [0, 0.05) is 30.4 Å². The maximum absolute atomic E-state index is 12.3. The van der Waals surface area contributed by atoms with Crippen LogP contribution in [0.5, 0.6) is 5.75 Å². The normalized spacial score (nSPS) is 10.8. The van der Waals surface area contributed by atoms with Gasteiger partial charge in [-0.2, -0.15) is 0 Å². The van der Waals surface area contributed by atoms with Crippen LogP contribution in [-0.2, 0) is 0 Å². The first-order valence-electron chi connectivity index (χ1n) is 7.37. The van der Waals surface area contributed by atoms with Crippen LogP contribution in [0.4, 0.5) is 5.69 Å². The fraction of sp³-hybridized carbons (Fsp3) is 0.222. The summed E-state index contributed by atoms with van der Waals surface area (Å²) in [7, 11) is 0. The number of hydrogen-bond acceptors (Lipinski definition) is 3. The number of benzene rings is 2. The Balaban J connectivity index is 2.22. The summed E-state index contributed by atoms with van der Waals surface area (Å²) in [4.78, 5) is 18.4. The van der Waals surface area contributed by atoms with Crippen molar-refractivity contribution in [3.8, 4) is 5.75 Å². The summed E-state index contributed by atoms with van der Waals surface area (Å²) in [5.74, 6) is 0.186. The van der Waals surface area contributed by atoms with Gasteiger partial charge in [0.1, 0.15) is 5.75 Å². The fourth-order valence-electron chi connectivity index (χ4n) is 2.15. The number of para-hydroxylation sites is 1. The lowest BCUT2D eigenvalue weighted by Gasteiger charge is -2.18. The van der Waals surface area contributed by atoms with E-state index >= 15 is 0 Å². The molecule has 0 heterocycles. The van der Waals surface area contributed by atoms with E-state index in [1.165, 1.54) is 0 Å². The molecule has 4 nitrogen and oxygen atoms in total. The van der Waals surface area contributed by atoms with Gasteiger partial charge in [0.2, 0.25) is 0 Å². The van der Waals surface area contributed by atoms with Crippen molar-refractivity contribution in [1.29, 1.82) is 0 Å².